The number of benzene rings is 1. The summed E-state index contributed by atoms with van der Waals surface area (Å²) in [4.78, 5) is 14.1. The molecule has 5 heteroatoms. The van der Waals surface area contributed by atoms with Gasteiger partial charge in [0.15, 0.2) is 0 Å². The van der Waals surface area contributed by atoms with Crippen molar-refractivity contribution < 1.29 is 14.3 Å². The Balaban J connectivity index is 1.84. The predicted octanol–water partition coefficient (Wildman–Crippen LogP) is 1.68. The Hall–Kier alpha value is -1.46. The van der Waals surface area contributed by atoms with Crippen LogP contribution in [0.2, 0.25) is 0 Å². The smallest absolute Gasteiger partial charge is 0.234 e. The molecule has 1 fully saturated rings. The van der Waals surface area contributed by atoms with Gasteiger partial charge in [-0.25, -0.2) is 4.39 Å². The predicted molar refractivity (Wildman–Crippen MR) is 79.1 cm³/mol. The van der Waals surface area contributed by atoms with Gasteiger partial charge in [0.2, 0.25) is 5.91 Å². The number of aliphatic hydroxyl groups excluding tert-OH is 1. The van der Waals surface area contributed by atoms with Crippen LogP contribution in [0.4, 0.5) is 4.39 Å². The second-order valence-electron chi connectivity index (χ2n) is 5.69. The van der Waals surface area contributed by atoms with Crippen LogP contribution in [-0.4, -0.2) is 41.1 Å². The summed E-state index contributed by atoms with van der Waals surface area (Å²) in [6, 6.07) is 6.48. The van der Waals surface area contributed by atoms with E-state index in [0.29, 0.717) is 19.1 Å². The minimum Gasteiger partial charge on any atom is -0.395 e. The average molecular weight is 294 g/mol. The number of carbonyl (C=O) groups excluding carboxylic acids is 1. The number of hydrogen-bond acceptors (Lipinski definition) is 3. The number of aliphatic hydroxyl groups is 1. The molecule has 0 aliphatic carbocycles. The first-order valence-electron chi connectivity index (χ1n) is 7.48. The van der Waals surface area contributed by atoms with Crippen LogP contribution < -0.4 is 5.32 Å². The first-order chi connectivity index (χ1) is 10.1. The summed E-state index contributed by atoms with van der Waals surface area (Å²) >= 11 is 0. The molecule has 1 aromatic rings. The van der Waals surface area contributed by atoms with Crippen LogP contribution in [0.15, 0.2) is 24.3 Å². The molecule has 4 nitrogen and oxygen atoms in total. The zero-order valence-corrected chi connectivity index (χ0v) is 12.4. The van der Waals surface area contributed by atoms with Gasteiger partial charge in [-0.15, -0.1) is 0 Å². The number of carbonyl (C=O) groups is 1. The summed E-state index contributed by atoms with van der Waals surface area (Å²) in [6.07, 6.45) is 3.09. The molecule has 1 saturated heterocycles. The van der Waals surface area contributed by atoms with E-state index in [1.165, 1.54) is 12.1 Å². The molecule has 116 valence electrons. The fourth-order valence-electron chi connectivity index (χ4n) is 2.85. The molecule has 1 amide bonds. The van der Waals surface area contributed by atoms with Gasteiger partial charge < -0.3 is 10.4 Å². The van der Waals surface area contributed by atoms with E-state index in [0.717, 1.165) is 24.8 Å². The van der Waals surface area contributed by atoms with Crippen LogP contribution in [0, 0.1) is 5.82 Å². The minimum atomic E-state index is -0.280. The summed E-state index contributed by atoms with van der Waals surface area (Å²) in [5.41, 5.74) is 0.871. The summed E-state index contributed by atoms with van der Waals surface area (Å²) in [7, 11) is 0. The van der Waals surface area contributed by atoms with E-state index in [4.69, 9.17) is 0 Å². The van der Waals surface area contributed by atoms with Crippen LogP contribution >= 0.6 is 0 Å². The standard InChI is InChI=1S/C16H23FN2O2/c1-12-3-2-4-15(11-20)19(12)10-16(21)18-9-13-5-7-14(17)8-6-13/h5-8,12,15,20H,2-4,9-11H2,1H3,(H,18,21). The Morgan fingerprint density at radius 2 is 2.10 bits per heavy atom. The topological polar surface area (TPSA) is 52.6 Å². The maximum Gasteiger partial charge on any atom is 0.234 e. The SMILES string of the molecule is CC1CCCC(CO)N1CC(=O)NCc1ccc(F)cc1. The maximum atomic E-state index is 12.8. The molecule has 0 saturated carbocycles. The van der Waals surface area contributed by atoms with Gasteiger partial charge in [0.25, 0.3) is 0 Å². The van der Waals surface area contributed by atoms with Gasteiger partial charge in [-0.1, -0.05) is 18.6 Å². The summed E-state index contributed by atoms with van der Waals surface area (Å²) in [5, 5.41) is 12.3. The fourth-order valence-corrected chi connectivity index (χ4v) is 2.85. The fraction of sp³-hybridized carbons (Fsp3) is 0.562. The van der Waals surface area contributed by atoms with E-state index >= 15 is 0 Å². The number of nitrogens with one attached hydrogen (secondary N) is 1. The third-order valence-corrected chi connectivity index (χ3v) is 4.13. The van der Waals surface area contributed by atoms with E-state index < -0.39 is 0 Å². The molecule has 2 rings (SSSR count). The number of likely N-dealkylation sites (tertiary alicyclic amines) is 1. The van der Waals surface area contributed by atoms with Crippen molar-refractivity contribution >= 4 is 5.91 Å². The molecule has 1 aromatic carbocycles. The number of hydrogen-bond donors (Lipinski definition) is 2. The molecule has 2 N–H and O–H groups in total. The lowest BCUT2D eigenvalue weighted by Gasteiger charge is -2.39. The van der Waals surface area contributed by atoms with Gasteiger partial charge in [0.1, 0.15) is 5.82 Å². The van der Waals surface area contributed by atoms with E-state index in [2.05, 4.69) is 17.1 Å². The van der Waals surface area contributed by atoms with E-state index in [-0.39, 0.29) is 24.4 Å². The molecular formula is C16H23FN2O2. The van der Waals surface area contributed by atoms with Gasteiger partial charge in [-0.05, 0) is 37.5 Å². The minimum absolute atomic E-state index is 0.0634. The third-order valence-electron chi connectivity index (χ3n) is 4.13. The first-order valence-corrected chi connectivity index (χ1v) is 7.48. The lowest BCUT2D eigenvalue weighted by Crippen LogP contribution is -2.51. The van der Waals surface area contributed by atoms with Crippen molar-refractivity contribution in [2.45, 2.75) is 44.8 Å². The van der Waals surface area contributed by atoms with Crippen molar-refractivity contribution in [3.8, 4) is 0 Å². The number of nitrogens with zero attached hydrogens (tertiary/aromatic N) is 1. The number of halogens is 1. The molecule has 1 aliphatic rings. The van der Waals surface area contributed by atoms with Gasteiger partial charge >= 0.3 is 0 Å². The second-order valence-corrected chi connectivity index (χ2v) is 5.69. The molecular weight excluding hydrogens is 271 g/mol. The van der Waals surface area contributed by atoms with Gasteiger partial charge in [0.05, 0.1) is 13.2 Å². The Bertz CT molecular complexity index is 464. The van der Waals surface area contributed by atoms with Gasteiger partial charge in [-0.3, -0.25) is 9.69 Å². The molecule has 2 unspecified atom stereocenters. The Kier molecular flexibility index (Phi) is 5.70. The van der Waals surface area contributed by atoms with Crippen molar-refractivity contribution in [2.24, 2.45) is 0 Å². The van der Waals surface area contributed by atoms with Gasteiger partial charge in [-0.2, -0.15) is 0 Å². The van der Waals surface area contributed by atoms with Crippen LogP contribution in [0.5, 0.6) is 0 Å². The Morgan fingerprint density at radius 3 is 2.76 bits per heavy atom. The number of amides is 1. The van der Waals surface area contributed by atoms with Crippen molar-refractivity contribution in [1.29, 1.82) is 0 Å². The highest BCUT2D eigenvalue weighted by Gasteiger charge is 2.28. The molecule has 0 spiro atoms. The lowest BCUT2D eigenvalue weighted by atomic mass is 9.97. The van der Waals surface area contributed by atoms with Crippen LogP contribution in [0.25, 0.3) is 0 Å². The third kappa shape index (κ3) is 4.51. The Labute approximate surface area is 125 Å². The highest BCUT2D eigenvalue weighted by molar-refractivity contribution is 5.78. The Morgan fingerprint density at radius 1 is 1.38 bits per heavy atom. The van der Waals surface area contributed by atoms with Crippen molar-refractivity contribution in [3.63, 3.8) is 0 Å². The maximum absolute atomic E-state index is 12.8. The zero-order chi connectivity index (χ0) is 15.2. The molecule has 21 heavy (non-hydrogen) atoms. The number of rotatable bonds is 5. The van der Waals surface area contributed by atoms with E-state index in [9.17, 15) is 14.3 Å². The van der Waals surface area contributed by atoms with Crippen LogP contribution in [0.1, 0.15) is 31.7 Å². The van der Waals surface area contributed by atoms with Crippen molar-refractivity contribution in [2.75, 3.05) is 13.2 Å². The molecule has 0 radical (unpaired) electrons. The molecule has 0 bridgehead atoms. The highest BCUT2D eigenvalue weighted by Crippen LogP contribution is 2.21. The summed E-state index contributed by atoms with van der Waals surface area (Å²) in [6.45, 7) is 2.88. The monoisotopic (exact) mass is 294 g/mol. The second kappa shape index (κ2) is 7.52. The first kappa shape index (κ1) is 15.9. The van der Waals surface area contributed by atoms with E-state index in [1.54, 1.807) is 12.1 Å². The normalized spacial score (nSPS) is 23.0. The van der Waals surface area contributed by atoms with Crippen LogP contribution in [-0.2, 0) is 11.3 Å². The zero-order valence-electron chi connectivity index (χ0n) is 12.4. The largest absolute Gasteiger partial charge is 0.395 e. The van der Waals surface area contributed by atoms with Crippen LogP contribution in [0.3, 0.4) is 0 Å². The molecule has 1 heterocycles. The quantitative estimate of drug-likeness (QED) is 0.868. The highest BCUT2D eigenvalue weighted by atomic mass is 19.1. The summed E-state index contributed by atoms with van der Waals surface area (Å²) < 4.78 is 12.8. The molecule has 1 aliphatic heterocycles. The molecule has 2 atom stereocenters. The lowest BCUT2D eigenvalue weighted by molar-refractivity contribution is -0.124. The van der Waals surface area contributed by atoms with Gasteiger partial charge in [0, 0.05) is 18.6 Å². The molecule has 0 aromatic heterocycles. The van der Waals surface area contributed by atoms with Crippen molar-refractivity contribution in [1.82, 2.24) is 10.2 Å². The van der Waals surface area contributed by atoms with Crippen molar-refractivity contribution in [3.05, 3.63) is 35.6 Å². The number of piperidine rings is 1. The van der Waals surface area contributed by atoms with E-state index in [1.807, 2.05) is 0 Å². The average Bonchev–Trinajstić information content (AvgIpc) is 2.49. The summed E-state index contributed by atoms with van der Waals surface area (Å²) in [5.74, 6) is -0.343.